The van der Waals surface area contributed by atoms with Gasteiger partial charge in [0.05, 0.1) is 28.6 Å². The number of hydrogen-bond donors (Lipinski definition) is 0. The first-order valence-electron chi connectivity index (χ1n) is 11.2. The van der Waals surface area contributed by atoms with Crippen LogP contribution in [-0.2, 0) is 14.3 Å². The number of amides is 1. The number of carbonyl (C=O) groups is 2. The molecule has 1 aromatic heterocycles. The number of ether oxygens (including phenoxy) is 1. The molecule has 33 heavy (non-hydrogen) atoms. The Morgan fingerprint density at radius 3 is 2.52 bits per heavy atom. The zero-order chi connectivity index (χ0) is 23.5. The van der Waals surface area contributed by atoms with E-state index < -0.39 is 22.9 Å². The third-order valence-electron chi connectivity index (χ3n) is 5.92. The lowest BCUT2D eigenvalue weighted by atomic mass is 9.89. The number of unbranched alkanes of at least 4 members (excludes halogenated alkanes) is 2. The number of nitro benzene ring substituents is 1. The second-order valence-electron chi connectivity index (χ2n) is 7.99. The zero-order valence-electron chi connectivity index (χ0n) is 18.6. The standard InChI is InChI=1S/C24H26N4O5/c1-3-5-8-15-26-22(29)20(23(30)33-4-2)21(16-11-13-17(14-12-16)28(31)32)27-19-10-7-6-9-18(19)25-24(26)27/h6-7,9-14,20-21H,3-5,8,15H2,1-2H3. The summed E-state index contributed by atoms with van der Waals surface area (Å²) in [6, 6.07) is 12.7. The second kappa shape index (κ2) is 9.40. The number of rotatable bonds is 8. The van der Waals surface area contributed by atoms with Crippen LogP contribution in [0.15, 0.2) is 48.5 Å². The maximum absolute atomic E-state index is 13.7. The van der Waals surface area contributed by atoms with Gasteiger partial charge in [0.2, 0.25) is 11.9 Å². The van der Waals surface area contributed by atoms with E-state index in [1.54, 1.807) is 24.0 Å². The van der Waals surface area contributed by atoms with Crippen molar-refractivity contribution in [2.24, 2.45) is 5.92 Å². The number of non-ortho nitro benzene ring substituents is 1. The molecule has 1 aliphatic rings. The highest BCUT2D eigenvalue weighted by Gasteiger charge is 2.47. The van der Waals surface area contributed by atoms with Gasteiger partial charge in [-0.2, -0.15) is 0 Å². The highest BCUT2D eigenvalue weighted by Crippen LogP contribution is 2.41. The molecule has 9 heteroatoms. The molecule has 0 fully saturated rings. The molecule has 1 aliphatic heterocycles. The number of benzene rings is 2. The molecule has 0 N–H and O–H groups in total. The van der Waals surface area contributed by atoms with E-state index in [0.717, 1.165) is 24.8 Å². The van der Waals surface area contributed by atoms with Crippen molar-refractivity contribution in [1.82, 2.24) is 9.55 Å². The molecular formula is C24H26N4O5. The number of imidazole rings is 1. The fraction of sp³-hybridized carbons (Fsp3) is 0.375. The molecule has 0 radical (unpaired) electrons. The minimum Gasteiger partial charge on any atom is -0.465 e. The van der Waals surface area contributed by atoms with Crippen LogP contribution in [0.5, 0.6) is 0 Å². The van der Waals surface area contributed by atoms with Crippen LogP contribution in [-0.4, -0.2) is 39.5 Å². The lowest BCUT2D eigenvalue weighted by molar-refractivity contribution is -0.384. The number of esters is 1. The van der Waals surface area contributed by atoms with E-state index in [1.807, 2.05) is 28.8 Å². The normalized spacial score (nSPS) is 17.8. The minimum absolute atomic E-state index is 0.0644. The molecule has 9 nitrogen and oxygen atoms in total. The summed E-state index contributed by atoms with van der Waals surface area (Å²) in [6.07, 6.45) is 2.72. The van der Waals surface area contributed by atoms with Gasteiger partial charge in [-0.15, -0.1) is 0 Å². The Kier molecular flexibility index (Phi) is 6.39. The molecule has 2 unspecified atom stereocenters. The summed E-state index contributed by atoms with van der Waals surface area (Å²) < 4.78 is 7.21. The van der Waals surface area contributed by atoms with Crippen molar-refractivity contribution in [3.8, 4) is 0 Å². The zero-order valence-corrected chi connectivity index (χ0v) is 18.6. The number of hydrogen-bond acceptors (Lipinski definition) is 6. The predicted octanol–water partition coefficient (Wildman–Crippen LogP) is 4.25. The van der Waals surface area contributed by atoms with Crippen molar-refractivity contribution < 1.29 is 19.2 Å². The summed E-state index contributed by atoms with van der Waals surface area (Å²) in [5.41, 5.74) is 2.02. The Hall–Kier alpha value is -3.75. The number of aromatic nitrogens is 2. The number of nitrogens with zero attached hydrogens (tertiary/aromatic N) is 4. The van der Waals surface area contributed by atoms with Crippen molar-refractivity contribution in [2.75, 3.05) is 18.1 Å². The average molecular weight is 450 g/mol. The van der Waals surface area contributed by atoms with Crippen LogP contribution >= 0.6 is 0 Å². The van der Waals surface area contributed by atoms with Crippen LogP contribution in [0.1, 0.15) is 44.7 Å². The first-order valence-corrected chi connectivity index (χ1v) is 11.2. The van der Waals surface area contributed by atoms with Gasteiger partial charge in [-0.3, -0.25) is 24.6 Å². The van der Waals surface area contributed by atoms with E-state index in [-0.39, 0.29) is 18.2 Å². The number of carbonyl (C=O) groups excluding carboxylic acids is 2. The maximum atomic E-state index is 13.7. The van der Waals surface area contributed by atoms with Crippen molar-refractivity contribution >= 4 is 34.5 Å². The first kappa shape index (κ1) is 22.4. The minimum atomic E-state index is -1.13. The Morgan fingerprint density at radius 2 is 1.85 bits per heavy atom. The smallest absolute Gasteiger partial charge is 0.321 e. The van der Waals surface area contributed by atoms with Gasteiger partial charge in [-0.05, 0) is 31.0 Å². The summed E-state index contributed by atoms with van der Waals surface area (Å²) in [6.45, 7) is 4.37. The van der Waals surface area contributed by atoms with Crippen LogP contribution in [0.25, 0.3) is 11.0 Å². The molecule has 2 atom stereocenters. The second-order valence-corrected chi connectivity index (χ2v) is 7.99. The Morgan fingerprint density at radius 1 is 1.12 bits per heavy atom. The molecule has 0 spiro atoms. The topological polar surface area (TPSA) is 108 Å². The van der Waals surface area contributed by atoms with Gasteiger partial charge in [0.15, 0.2) is 5.92 Å². The molecule has 2 aromatic carbocycles. The van der Waals surface area contributed by atoms with Crippen molar-refractivity contribution in [1.29, 1.82) is 0 Å². The summed E-state index contributed by atoms with van der Waals surface area (Å²) >= 11 is 0. The van der Waals surface area contributed by atoms with E-state index in [1.165, 1.54) is 12.1 Å². The molecule has 4 rings (SSSR count). The molecule has 0 saturated carbocycles. The number of anilines is 1. The summed E-state index contributed by atoms with van der Waals surface area (Å²) in [5.74, 6) is -1.63. The SMILES string of the molecule is CCCCCN1C(=O)C(C(=O)OCC)C(c2ccc([N+](=O)[O-])cc2)n2c1nc1ccccc12. The quantitative estimate of drug-likeness (QED) is 0.167. The van der Waals surface area contributed by atoms with Gasteiger partial charge in [0.1, 0.15) is 0 Å². The molecule has 2 heterocycles. The molecule has 0 saturated heterocycles. The highest BCUT2D eigenvalue weighted by molar-refractivity contribution is 6.08. The fourth-order valence-corrected chi connectivity index (χ4v) is 4.37. The molecule has 172 valence electrons. The molecule has 3 aromatic rings. The third kappa shape index (κ3) is 4.06. The fourth-order valence-electron chi connectivity index (χ4n) is 4.37. The average Bonchev–Trinajstić information content (AvgIpc) is 3.19. The van der Waals surface area contributed by atoms with Crippen LogP contribution < -0.4 is 4.90 Å². The summed E-state index contributed by atoms with van der Waals surface area (Å²) in [7, 11) is 0. The van der Waals surface area contributed by atoms with E-state index in [9.17, 15) is 19.7 Å². The molecular weight excluding hydrogens is 424 g/mol. The summed E-state index contributed by atoms with van der Waals surface area (Å²) in [4.78, 5) is 43.8. The van der Waals surface area contributed by atoms with E-state index in [4.69, 9.17) is 9.72 Å². The Balaban J connectivity index is 1.92. The van der Waals surface area contributed by atoms with Crippen molar-refractivity contribution in [3.05, 3.63) is 64.2 Å². The number of para-hydroxylation sites is 2. The Bertz CT molecular complexity index is 1190. The number of nitro groups is 1. The van der Waals surface area contributed by atoms with Gasteiger partial charge in [-0.1, -0.05) is 44.0 Å². The summed E-state index contributed by atoms with van der Waals surface area (Å²) in [5, 5.41) is 11.2. The van der Waals surface area contributed by atoms with Gasteiger partial charge in [0.25, 0.3) is 5.69 Å². The molecule has 0 bridgehead atoms. The highest BCUT2D eigenvalue weighted by atomic mass is 16.6. The van der Waals surface area contributed by atoms with Gasteiger partial charge in [0, 0.05) is 18.7 Å². The lowest BCUT2D eigenvalue weighted by Gasteiger charge is -2.38. The molecule has 0 aliphatic carbocycles. The van der Waals surface area contributed by atoms with E-state index in [0.29, 0.717) is 23.6 Å². The lowest BCUT2D eigenvalue weighted by Crippen LogP contribution is -2.50. The van der Waals surface area contributed by atoms with Crippen LogP contribution in [0.2, 0.25) is 0 Å². The van der Waals surface area contributed by atoms with Gasteiger partial charge < -0.3 is 9.30 Å². The first-order chi connectivity index (χ1) is 16.0. The van der Waals surface area contributed by atoms with Gasteiger partial charge >= 0.3 is 5.97 Å². The van der Waals surface area contributed by atoms with Crippen molar-refractivity contribution in [3.63, 3.8) is 0 Å². The van der Waals surface area contributed by atoms with Crippen LogP contribution in [0.3, 0.4) is 0 Å². The van der Waals surface area contributed by atoms with Gasteiger partial charge in [-0.25, -0.2) is 4.98 Å². The largest absolute Gasteiger partial charge is 0.465 e. The maximum Gasteiger partial charge on any atom is 0.321 e. The Labute approximate surface area is 191 Å². The third-order valence-corrected chi connectivity index (χ3v) is 5.92. The van der Waals surface area contributed by atoms with E-state index in [2.05, 4.69) is 6.92 Å². The monoisotopic (exact) mass is 450 g/mol. The van der Waals surface area contributed by atoms with E-state index >= 15 is 0 Å². The van der Waals surface area contributed by atoms with Crippen molar-refractivity contribution in [2.45, 2.75) is 39.2 Å². The molecule has 1 amide bonds. The number of fused-ring (bicyclic) bond motifs is 3. The van der Waals surface area contributed by atoms with Crippen LogP contribution in [0.4, 0.5) is 11.6 Å². The predicted molar refractivity (Wildman–Crippen MR) is 123 cm³/mol. The van der Waals surface area contributed by atoms with Crippen LogP contribution in [0, 0.1) is 16.0 Å².